The molecule has 0 amide bonds. The molecule has 1 atom stereocenters. The normalized spacial score (nSPS) is 24.1. The minimum absolute atomic E-state index is 0.183. The lowest BCUT2D eigenvalue weighted by Crippen LogP contribution is -2.38. The summed E-state index contributed by atoms with van der Waals surface area (Å²) in [5.41, 5.74) is 0. The Morgan fingerprint density at radius 2 is 1.85 bits per heavy atom. The van der Waals surface area contributed by atoms with Crippen LogP contribution in [0.4, 0.5) is 0 Å². The van der Waals surface area contributed by atoms with Crippen LogP contribution >= 0.6 is 0 Å². The van der Waals surface area contributed by atoms with E-state index in [-0.39, 0.29) is 18.2 Å². The standard InChI is InChI=1S/C16H27NO3/c1-2-20-16(19)10-9-14(18)12-17-11-5-8-15(17)13-6-3-4-7-13/h13,15H,2-12H2,1H3. The number of hydrogen-bond donors (Lipinski definition) is 0. The molecule has 1 aliphatic heterocycles. The van der Waals surface area contributed by atoms with Crippen molar-refractivity contribution in [2.45, 2.75) is 64.3 Å². The fourth-order valence-corrected chi connectivity index (χ4v) is 3.70. The molecule has 1 heterocycles. The summed E-state index contributed by atoms with van der Waals surface area (Å²) in [6.45, 7) is 3.76. The number of likely N-dealkylation sites (tertiary alicyclic amines) is 1. The molecular weight excluding hydrogens is 254 g/mol. The lowest BCUT2D eigenvalue weighted by molar-refractivity contribution is -0.144. The lowest BCUT2D eigenvalue weighted by atomic mass is 9.96. The minimum Gasteiger partial charge on any atom is -0.466 e. The zero-order valence-corrected chi connectivity index (χ0v) is 12.6. The summed E-state index contributed by atoms with van der Waals surface area (Å²) < 4.78 is 4.86. The van der Waals surface area contributed by atoms with E-state index < -0.39 is 0 Å². The van der Waals surface area contributed by atoms with Crippen molar-refractivity contribution in [3.05, 3.63) is 0 Å². The predicted molar refractivity (Wildman–Crippen MR) is 77.4 cm³/mol. The molecule has 0 spiro atoms. The van der Waals surface area contributed by atoms with Gasteiger partial charge in [-0.3, -0.25) is 14.5 Å². The van der Waals surface area contributed by atoms with Gasteiger partial charge in [-0.15, -0.1) is 0 Å². The van der Waals surface area contributed by atoms with E-state index in [2.05, 4.69) is 4.90 Å². The van der Waals surface area contributed by atoms with E-state index in [4.69, 9.17) is 4.74 Å². The summed E-state index contributed by atoms with van der Waals surface area (Å²) in [5, 5.41) is 0. The molecule has 0 N–H and O–H groups in total. The van der Waals surface area contributed by atoms with Gasteiger partial charge in [0.1, 0.15) is 5.78 Å². The van der Waals surface area contributed by atoms with Crippen LogP contribution in [0.2, 0.25) is 0 Å². The first-order valence-electron chi connectivity index (χ1n) is 8.12. The van der Waals surface area contributed by atoms with Crippen LogP contribution in [0.25, 0.3) is 0 Å². The Morgan fingerprint density at radius 3 is 2.55 bits per heavy atom. The molecule has 1 saturated heterocycles. The Hall–Kier alpha value is -0.900. The number of ketones is 1. The van der Waals surface area contributed by atoms with Gasteiger partial charge in [-0.1, -0.05) is 12.8 Å². The molecule has 0 bridgehead atoms. The molecule has 20 heavy (non-hydrogen) atoms. The van der Waals surface area contributed by atoms with Gasteiger partial charge >= 0.3 is 5.97 Å². The molecule has 4 heteroatoms. The maximum Gasteiger partial charge on any atom is 0.306 e. The van der Waals surface area contributed by atoms with E-state index in [0.717, 1.165) is 12.5 Å². The molecule has 2 rings (SSSR count). The zero-order valence-electron chi connectivity index (χ0n) is 12.6. The fraction of sp³-hybridized carbons (Fsp3) is 0.875. The summed E-state index contributed by atoms with van der Waals surface area (Å²) in [5.74, 6) is 0.730. The molecule has 114 valence electrons. The van der Waals surface area contributed by atoms with E-state index in [1.165, 1.54) is 38.5 Å². The average molecular weight is 281 g/mol. The number of rotatable bonds is 7. The largest absolute Gasteiger partial charge is 0.466 e. The Balaban J connectivity index is 1.73. The van der Waals surface area contributed by atoms with Crippen LogP contribution in [0.15, 0.2) is 0 Å². The molecule has 4 nitrogen and oxygen atoms in total. The predicted octanol–water partition coefficient (Wildman–Crippen LogP) is 2.55. The second-order valence-electron chi connectivity index (χ2n) is 6.07. The van der Waals surface area contributed by atoms with Crippen molar-refractivity contribution in [1.29, 1.82) is 0 Å². The second-order valence-corrected chi connectivity index (χ2v) is 6.07. The van der Waals surface area contributed by atoms with Crippen molar-refractivity contribution in [3.8, 4) is 0 Å². The Morgan fingerprint density at radius 1 is 1.10 bits per heavy atom. The highest BCUT2D eigenvalue weighted by molar-refractivity contribution is 5.84. The number of carbonyl (C=O) groups excluding carboxylic acids is 2. The third-order valence-electron chi connectivity index (χ3n) is 4.65. The fourth-order valence-electron chi connectivity index (χ4n) is 3.70. The number of Topliss-reactive ketones (excluding diaryl/α,β-unsaturated/α-hetero) is 1. The van der Waals surface area contributed by atoms with Gasteiger partial charge in [0.25, 0.3) is 0 Å². The van der Waals surface area contributed by atoms with Crippen LogP contribution in [0, 0.1) is 5.92 Å². The summed E-state index contributed by atoms with van der Waals surface area (Å²) in [6, 6.07) is 0.615. The Bertz CT molecular complexity index is 337. The molecular formula is C16H27NO3. The van der Waals surface area contributed by atoms with Crippen molar-refractivity contribution in [2.24, 2.45) is 5.92 Å². The SMILES string of the molecule is CCOC(=O)CCC(=O)CN1CCCC1C1CCCC1. The second kappa shape index (κ2) is 7.77. The van der Waals surface area contributed by atoms with Crippen molar-refractivity contribution < 1.29 is 14.3 Å². The van der Waals surface area contributed by atoms with Gasteiger partial charge in [0.05, 0.1) is 19.6 Å². The molecule has 2 aliphatic rings. The molecule has 0 aromatic rings. The summed E-state index contributed by atoms with van der Waals surface area (Å²) in [7, 11) is 0. The summed E-state index contributed by atoms with van der Waals surface area (Å²) >= 11 is 0. The van der Waals surface area contributed by atoms with Crippen LogP contribution in [0.5, 0.6) is 0 Å². The first-order chi connectivity index (χ1) is 9.70. The van der Waals surface area contributed by atoms with Crippen molar-refractivity contribution in [1.82, 2.24) is 4.90 Å². The van der Waals surface area contributed by atoms with Crippen LogP contribution in [-0.4, -0.2) is 42.4 Å². The van der Waals surface area contributed by atoms with Gasteiger partial charge in [0.2, 0.25) is 0 Å². The third kappa shape index (κ3) is 4.30. The highest BCUT2D eigenvalue weighted by Crippen LogP contribution is 2.35. The van der Waals surface area contributed by atoms with Crippen LogP contribution in [-0.2, 0) is 14.3 Å². The van der Waals surface area contributed by atoms with Gasteiger partial charge < -0.3 is 4.74 Å². The quantitative estimate of drug-likeness (QED) is 0.673. The molecule has 1 saturated carbocycles. The maximum atomic E-state index is 12.0. The third-order valence-corrected chi connectivity index (χ3v) is 4.65. The first-order valence-corrected chi connectivity index (χ1v) is 8.12. The number of hydrogen-bond acceptors (Lipinski definition) is 4. The first kappa shape index (κ1) is 15.5. The number of ether oxygens (including phenoxy) is 1. The van der Waals surface area contributed by atoms with E-state index in [1.54, 1.807) is 6.92 Å². The highest BCUT2D eigenvalue weighted by atomic mass is 16.5. The summed E-state index contributed by atoms with van der Waals surface area (Å²) in [6.07, 6.45) is 8.39. The van der Waals surface area contributed by atoms with Gasteiger partial charge in [-0.25, -0.2) is 0 Å². The Kier molecular flexibility index (Phi) is 6.02. The average Bonchev–Trinajstić information content (AvgIpc) is 3.07. The minimum atomic E-state index is -0.255. The van der Waals surface area contributed by atoms with Gasteiger partial charge in [-0.2, -0.15) is 0 Å². The van der Waals surface area contributed by atoms with E-state index in [0.29, 0.717) is 25.6 Å². The molecule has 1 aliphatic carbocycles. The van der Waals surface area contributed by atoms with Gasteiger partial charge in [0.15, 0.2) is 0 Å². The number of carbonyl (C=O) groups is 2. The topological polar surface area (TPSA) is 46.6 Å². The zero-order chi connectivity index (χ0) is 14.4. The molecule has 2 fully saturated rings. The smallest absolute Gasteiger partial charge is 0.306 e. The van der Waals surface area contributed by atoms with Crippen LogP contribution in [0.1, 0.15) is 58.3 Å². The summed E-state index contributed by atoms with van der Waals surface area (Å²) in [4.78, 5) is 25.7. The number of nitrogens with zero attached hydrogens (tertiary/aromatic N) is 1. The van der Waals surface area contributed by atoms with E-state index in [1.807, 2.05) is 0 Å². The number of esters is 1. The van der Waals surface area contributed by atoms with Crippen LogP contribution in [0.3, 0.4) is 0 Å². The van der Waals surface area contributed by atoms with E-state index in [9.17, 15) is 9.59 Å². The van der Waals surface area contributed by atoms with Gasteiger partial charge in [-0.05, 0) is 45.1 Å². The lowest BCUT2D eigenvalue weighted by Gasteiger charge is -2.28. The highest BCUT2D eigenvalue weighted by Gasteiger charge is 2.33. The van der Waals surface area contributed by atoms with Crippen molar-refractivity contribution >= 4 is 11.8 Å². The van der Waals surface area contributed by atoms with Gasteiger partial charge in [0, 0.05) is 12.5 Å². The molecule has 1 unspecified atom stereocenters. The van der Waals surface area contributed by atoms with Crippen LogP contribution < -0.4 is 0 Å². The molecule has 0 aromatic heterocycles. The van der Waals surface area contributed by atoms with Crippen molar-refractivity contribution in [3.63, 3.8) is 0 Å². The van der Waals surface area contributed by atoms with E-state index >= 15 is 0 Å². The molecule has 0 radical (unpaired) electrons. The maximum absolute atomic E-state index is 12.0. The molecule has 0 aromatic carbocycles. The van der Waals surface area contributed by atoms with Crippen molar-refractivity contribution in [2.75, 3.05) is 19.7 Å². The Labute approximate surface area is 121 Å². The monoisotopic (exact) mass is 281 g/mol.